The average Bonchev–Trinajstić information content (AvgIpc) is 2.92. The molecule has 2 N–H and O–H groups in total. The van der Waals surface area contributed by atoms with Gasteiger partial charge in [0.25, 0.3) is 0 Å². The molecule has 5 nitrogen and oxygen atoms in total. The number of aromatic carboxylic acids is 1. The summed E-state index contributed by atoms with van der Waals surface area (Å²) >= 11 is 1.85. The van der Waals surface area contributed by atoms with Crippen molar-refractivity contribution in [3.63, 3.8) is 0 Å². The Balaban J connectivity index is 1.96. The number of thioether (sulfide) groups is 1. The normalized spacial score (nSPS) is 18.1. The summed E-state index contributed by atoms with van der Waals surface area (Å²) in [5, 5.41) is 11.6. The van der Waals surface area contributed by atoms with Gasteiger partial charge in [-0.25, -0.2) is 9.59 Å². The van der Waals surface area contributed by atoms with Crippen LogP contribution in [0.2, 0.25) is 0 Å². The number of amides is 2. The molecule has 1 atom stereocenters. The summed E-state index contributed by atoms with van der Waals surface area (Å²) in [6.45, 7) is 0. The molecule has 0 radical (unpaired) electrons. The third-order valence-electron chi connectivity index (χ3n) is 3.16. The molecule has 1 unspecified atom stereocenters. The van der Waals surface area contributed by atoms with E-state index in [9.17, 15) is 9.59 Å². The van der Waals surface area contributed by atoms with E-state index in [0.717, 1.165) is 17.9 Å². The third-order valence-corrected chi connectivity index (χ3v) is 4.30. The van der Waals surface area contributed by atoms with E-state index in [1.54, 1.807) is 24.1 Å². The molecule has 6 heteroatoms. The molecule has 1 fully saturated rings. The zero-order valence-corrected chi connectivity index (χ0v) is 11.4. The van der Waals surface area contributed by atoms with Crippen LogP contribution in [0.3, 0.4) is 0 Å². The van der Waals surface area contributed by atoms with Gasteiger partial charge in [0.1, 0.15) is 0 Å². The zero-order valence-electron chi connectivity index (χ0n) is 10.6. The van der Waals surface area contributed by atoms with E-state index in [-0.39, 0.29) is 17.6 Å². The number of nitrogens with one attached hydrogen (secondary N) is 1. The number of carbonyl (C=O) groups is 2. The lowest BCUT2D eigenvalue weighted by Crippen LogP contribution is -2.39. The number of hydrogen-bond donors (Lipinski definition) is 2. The number of carboxylic acid groups (broad SMARTS) is 1. The third kappa shape index (κ3) is 3.41. The molecular weight excluding hydrogens is 264 g/mol. The van der Waals surface area contributed by atoms with Gasteiger partial charge in [-0.15, -0.1) is 0 Å². The Morgan fingerprint density at radius 2 is 2.05 bits per heavy atom. The SMILES string of the molecule is CN(C(=O)Nc1ccc(C(=O)O)cc1)C1CCSC1. The van der Waals surface area contributed by atoms with Crippen LogP contribution in [0.1, 0.15) is 16.8 Å². The number of hydrogen-bond acceptors (Lipinski definition) is 3. The standard InChI is InChI=1S/C13H16N2O3S/c1-15(11-6-7-19-8-11)13(18)14-10-4-2-9(3-5-10)12(16)17/h2-5,11H,6-8H2,1H3,(H,14,18)(H,16,17). The lowest BCUT2D eigenvalue weighted by molar-refractivity contribution is 0.0697. The molecule has 1 saturated heterocycles. The minimum Gasteiger partial charge on any atom is -0.478 e. The summed E-state index contributed by atoms with van der Waals surface area (Å²) in [4.78, 5) is 24.4. The maximum absolute atomic E-state index is 12.0. The van der Waals surface area contributed by atoms with Crippen molar-refractivity contribution in [1.29, 1.82) is 0 Å². The maximum Gasteiger partial charge on any atom is 0.335 e. The number of carbonyl (C=O) groups excluding carboxylic acids is 1. The highest BCUT2D eigenvalue weighted by atomic mass is 32.2. The molecule has 0 aliphatic carbocycles. The number of urea groups is 1. The van der Waals surface area contributed by atoms with Crippen molar-refractivity contribution in [3.8, 4) is 0 Å². The average molecular weight is 280 g/mol. The van der Waals surface area contributed by atoms with E-state index in [1.165, 1.54) is 12.1 Å². The smallest absolute Gasteiger partial charge is 0.335 e. The highest BCUT2D eigenvalue weighted by Crippen LogP contribution is 2.22. The van der Waals surface area contributed by atoms with E-state index in [2.05, 4.69) is 5.32 Å². The molecule has 19 heavy (non-hydrogen) atoms. The molecule has 1 aromatic rings. The first-order chi connectivity index (χ1) is 9.08. The van der Waals surface area contributed by atoms with Crippen LogP contribution in [-0.4, -0.2) is 46.6 Å². The Bertz CT molecular complexity index is 469. The van der Waals surface area contributed by atoms with Crippen molar-refractivity contribution in [1.82, 2.24) is 4.90 Å². The van der Waals surface area contributed by atoms with E-state index in [1.807, 2.05) is 11.8 Å². The highest BCUT2D eigenvalue weighted by molar-refractivity contribution is 7.99. The Hall–Kier alpha value is -1.69. The summed E-state index contributed by atoms with van der Waals surface area (Å²) in [6, 6.07) is 6.27. The first-order valence-electron chi connectivity index (χ1n) is 6.03. The highest BCUT2D eigenvalue weighted by Gasteiger charge is 2.23. The fourth-order valence-corrected chi connectivity index (χ4v) is 3.17. The van der Waals surface area contributed by atoms with Gasteiger partial charge in [-0.3, -0.25) is 0 Å². The van der Waals surface area contributed by atoms with E-state index in [0.29, 0.717) is 5.69 Å². The van der Waals surface area contributed by atoms with Crippen LogP contribution in [0.5, 0.6) is 0 Å². The molecule has 1 aromatic carbocycles. The predicted octanol–water partition coefficient (Wildman–Crippen LogP) is 2.35. The van der Waals surface area contributed by atoms with Gasteiger partial charge in [0.15, 0.2) is 0 Å². The van der Waals surface area contributed by atoms with Crippen molar-refractivity contribution in [2.45, 2.75) is 12.5 Å². The number of nitrogens with zero attached hydrogens (tertiary/aromatic N) is 1. The van der Waals surface area contributed by atoms with Gasteiger partial charge in [-0.2, -0.15) is 11.8 Å². The molecule has 0 bridgehead atoms. The molecule has 0 saturated carbocycles. The minimum atomic E-state index is -0.974. The van der Waals surface area contributed by atoms with Crippen LogP contribution in [0, 0.1) is 0 Å². The van der Waals surface area contributed by atoms with Crippen LogP contribution in [0.4, 0.5) is 10.5 Å². The summed E-state index contributed by atoms with van der Waals surface area (Å²) in [5.74, 6) is 1.09. The topological polar surface area (TPSA) is 69.6 Å². The van der Waals surface area contributed by atoms with Gasteiger partial charge in [-0.1, -0.05) is 0 Å². The van der Waals surface area contributed by atoms with Crippen molar-refractivity contribution in [3.05, 3.63) is 29.8 Å². The number of anilines is 1. The molecule has 2 rings (SSSR count). The predicted molar refractivity (Wildman–Crippen MR) is 75.9 cm³/mol. The van der Waals surface area contributed by atoms with Gasteiger partial charge in [-0.05, 0) is 36.4 Å². The number of rotatable bonds is 3. The fourth-order valence-electron chi connectivity index (χ4n) is 1.90. The first-order valence-corrected chi connectivity index (χ1v) is 7.18. The Kier molecular flexibility index (Phi) is 4.31. The van der Waals surface area contributed by atoms with Crippen LogP contribution in [-0.2, 0) is 0 Å². The summed E-state index contributed by atoms with van der Waals surface area (Å²) in [7, 11) is 1.79. The van der Waals surface area contributed by atoms with Crippen LogP contribution < -0.4 is 5.32 Å². The second-order valence-corrected chi connectivity index (χ2v) is 5.59. The fraction of sp³-hybridized carbons (Fsp3) is 0.385. The molecule has 1 aliphatic heterocycles. The van der Waals surface area contributed by atoms with Crippen molar-refractivity contribution >= 4 is 29.4 Å². The summed E-state index contributed by atoms with van der Waals surface area (Å²) < 4.78 is 0. The van der Waals surface area contributed by atoms with E-state index < -0.39 is 5.97 Å². The molecule has 102 valence electrons. The van der Waals surface area contributed by atoms with Crippen LogP contribution >= 0.6 is 11.8 Å². The van der Waals surface area contributed by atoms with Crippen LogP contribution in [0.15, 0.2) is 24.3 Å². The van der Waals surface area contributed by atoms with Gasteiger partial charge < -0.3 is 15.3 Å². The lowest BCUT2D eigenvalue weighted by atomic mass is 10.2. The van der Waals surface area contributed by atoms with Crippen molar-refractivity contribution in [2.24, 2.45) is 0 Å². The van der Waals surface area contributed by atoms with Crippen LogP contribution in [0.25, 0.3) is 0 Å². The summed E-state index contributed by atoms with van der Waals surface area (Å²) in [6.07, 6.45) is 1.02. The van der Waals surface area contributed by atoms with Crippen molar-refractivity contribution in [2.75, 3.05) is 23.9 Å². The number of benzene rings is 1. The molecular formula is C13H16N2O3S. The number of carboxylic acids is 1. The zero-order chi connectivity index (χ0) is 13.8. The lowest BCUT2D eigenvalue weighted by Gasteiger charge is -2.24. The minimum absolute atomic E-state index is 0.157. The molecule has 1 heterocycles. The van der Waals surface area contributed by atoms with E-state index >= 15 is 0 Å². The maximum atomic E-state index is 12.0. The largest absolute Gasteiger partial charge is 0.478 e. The van der Waals surface area contributed by atoms with Gasteiger partial charge in [0.2, 0.25) is 0 Å². The Labute approximate surface area is 116 Å². The monoisotopic (exact) mass is 280 g/mol. The van der Waals surface area contributed by atoms with Gasteiger partial charge >= 0.3 is 12.0 Å². The second kappa shape index (κ2) is 5.97. The van der Waals surface area contributed by atoms with E-state index in [4.69, 9.17) is 5.11 Å². The first kappa shape index (κ1) is 13.7. The molecule has 0 aromatic heterocycles. The van der Waals surface area contributed by atoms with Gasteiger partial charge in [0.05, 0.1) is 5.56 Å². The molecule has 0 spiro atoms. The quantitative estimate of drug-likeness (QED) is 0.891. The Morgan fingerprint density at radius 1 is 1.37 bits per heavy atom. The second-order valence-electron chi connectivity index (χ2n) is 4.44. The summed E-state index contributed by atoms with van der Waals surface area (Å²) in [5.41, 5.74) is 0.811. The van der Waals surface area contributed by atoms with Gasteiger partial charge in [0, 0.05) is 24.5 Å². The Morgan fingerprint density at radius 3 is 2.58 bits per heavy atom. The molecule has 1 aliphatic rings. The van der Waals surface area contributed by atoms with Crippen molar-refractivity contribution < 1.29 is 14.7 Å². The molecule has 2 amide bonds.